The molecule has 1 heteroatoms. The molecular weight excluding hydrogens is 284 g/mol. The maximum Gasteiger partial charge on any atom is 0.00922 e. The summed E-state index contributed by atoms with van der Waals surface area (Å²) >= 11 is 3.47. The third kappa shape index (κ3) is 15.8. The van der Waals surface area contributed by atoms with E-state index in [1.165, 1.54) is 64.2 Å². The van der Waals surface area contributed by atoms with Crippen LogP contribution in [0.4, 0.5) is 0 Å². The fourth-order valence-electron chi connectivity index (χ4n) is 1.79. The Morgan fingerprint density at radius 3 is 2.22 bits per heavy atom. The van der Waals surface area contributed by atoms with Crippen molar-refractivity contribution in [2.24, 2.45) is 0 Å². The van der Waals surface area contributed by atoms with E-state index in [1.807, 2.05) is 6.08 Å². The maximum absolute atomic E-state index is 3.47. The van der Waals surface area contributed by atoms with Gasteiger partial charge in [0.15, 0.2) is 0 Å². The molecule has 0 unspecified atom stereocenters. The van der Waals surface area contributed by atoms with Crippen molar-refractivity contribution >= 4 is 15.9 Å². The number of hydrogen-bond donors (Lipinski definition) is 0. The number of alkyl halides is 1. The second-order valence-corrected chi connectivity index (χ2v) is 5.57. The zero-order valence-corrected chi connectivity index (χ0v) is 13.6. The van der Waals surface area contributed by atoms with Crippen LogP contribution in [0, 0.1) is 11.8 Å². The van der Waals surface area contributed by atoms with E-state index in [4.69, 9.17) is 0 Å². The highest BCUT2D eigenvalue weighted by atomic mass is 79.9. The quantitative estimate of drug-likeness (QED) is 0.240. The Bertz CT molecular complexity index is 232. The molecule has 0 bridgehead atoms. The van der Waals surface area contributed by atoms with Gasteiger partial charge in [0, 0.05) is 11.8 Å². The zero-order valence-electron chi connectivity index (χ0n) is 12.0. The molecule has 0 aromatic carbocycles. The minimum Gasteiger partial charge on any atom is -0.0985 e. The van der Waals surface area contributed by atoms with E-state index < -0.39 is 0 Å². The molecule has 0 N–H and O–H groups in total. The Kier molecular flexibility index (Phi) is 16.6. The summed E-state index contributed by atoms with van der Waals surface area (Å²) in [5, 5.41) is 1.16. The van der Waals surface area contributed by atoms with Crippen LogP contribution in [0.3, 0.4) is 0 Å². The van der Waals surface area contributed by atoms with Crippen LogP contribution in [-0.4, -0.2) is 5.33 Å². The minimum atomic E-state index is 1.07. The third-order valence-corrected chi connectivity index (χ3v) is 3.52. The lowest BCUT2D eigenvalue weighted by atomic mass is 10.1. The van der Waals surface area contributed by atoms with Gasteiger partial charge in [-0.15, -0.1) is 0 Å². The number of hydrogen-bond acceptors (Lipinski definition) is 0. The number of halogens is 1. The van der Waals surface area contributed by atoms with Gasteiger partial charge in [-0.1, -0.05) is 85.7 Å². The van der Waals surface area contributed by atoms with Gasteiger partial charge in [0.25, 0.3) is 0 Å². The summed E-state index contributed by atoms with van der Waals surface area (Å²) < 4.78 is 0. The van der Waals surface area contributed by atoms with Crippen LogP contribution < -0.4 is 0 Å². The maximum atomic E-state index is 3.47. The van der Waals surface area contributed by atoms with Crippen LogP contribution in [0.1, 0.15) is 77.6 Å². The molecule has 0 nitrogen and oxygen atoms in total. The van der Waals surface area contributed by atoms with E-state index in [2.05, 4.69) is 40.8 Å². The summed E-state index contributed by atoms with van der Waals surface area (Å²) in [5.74, 6) is 6.36. The molecule has 18 heavy (non-hydrogen) atoms. The van der Waals surface area contributed by atoms with Crippen LogP contribution in [0.2, 0.25) is 0 Å². The van der Waals surface area contributed by atoms with Crippen molar-refractivity contribution in [3.8, 4) is 11.8 Å². The van der Waals surface area contributed by atoms with Crippen molar-refractivity contribution in [2.75, 3.05) is 5.33 Å². The van der Waals surface area contributed by atoms with Crippen LogP contribution in [0.15, 0.2) is 12.2 Å². The Balaban J connectivity index is 3.15. The summed E-state index contributed by atoms with van der Waals surface area (Å²) in [6, 6.07) is 0. The molecule has 0 heterocycles. The zero-order chi connectivity index (χ0) is 13.3. The van der Waals surface area contributed by atoms with Gasteiger partial charge in [0.2, 0.25) is 0 Å². The second kappa shape index (κ2) is 16.8. The van der Waals surface area contributed by atoms with Crippen molar-refractivity contribution in [3.05, 3.63) is 12.2 Å². The predicted octanol–water partition coefficient (Wildman–Crippen LogP) is 6.25. The molecule has 0 aromatic rings. The number of allylic oxidation sites excluding steroid dienone is 2. The summed E-state index contributed by atoms with van der Waals surface area (Å²) in [4.78, 5) is 0. The second-order valence-electron chi connectivity index (χ2n) is 4.78. The van der Waals surface area contributed by atoms with E-state index in [0.717, 1.165) is 11.8 Å². The molecule has 104 valence electrons. The van der Waals surface area contributed by atoms with Crippen molar-refractivity contribution in [2.45, 2.75) is 77.6 Å². The highest BCUT2D eigenvalue weighted by Crippen LogP contribution is 2.08. The number of rotatable bonds is 11. The first kappa shape index (κ1) is 17.8. The van der Waals surface area contributed by atoms with Crippen LogP contribution >= 0.6 is 15.9 Å². The van der Waals surface area contributed by atoms with Crippen LogP contribution in [0.25, 0.3) is 0 Å². The molecule has 0 fully saturated rings. The summed E-state index contributed by atoms with van der Waals surface area (Å²) in [6.45, 7) is 2.22. The molecule has 0 aromatic heterocycles. The highest BCUT2D eigenvalue weighted by Gasteiger charge is 1.90. The van der Waals surface area contributed by atoms with Crippen molar-refractivity contribution < 1.29 is 0 Å². The predicted molar refractivity (Wildman–Crippen MR) is 87.2 cm³/mol. The molecular formula is C17H29Br. The Hall–Kier alpha value is -0.220. The molecule has 0 saturated heterocycles. The minimum absolute atomic E-state index is 1.07. The van der Waals surface area contributed by atoms with Crippen molar-refractivity contribution in [3.63, 3.8) is 0 Å². The van der Waals surface area contributed by atoms with Gasteiger partial charge in [-0.2, -0.15) is 0 Å². The van der Waals surface area contributed by atoms with Crippen molar-refractivity contribution in [1.29, 1.82) is 0 Å². The van der Waals surface area contributed by atoms with Gasteiger partial charge in [0.1, 0.15) is 0 Å². The highest BCUT2D eigenvalue weighted by molar-refractivity contribution is 9.09. The summed E-state index contributed by atoms with van der Waals surface area (Å²) in [7, 11) is 0. The molecule has 0 aliphatic rings. The van der Waals surface area contributed by atoms with E-state index in [9.17, 15) is 0 Å². The molecule has 0 rings (SSSR count). The van der Waals surface area contributed by atoms with Gasteiger partial charge in [0.05, 0.1) is 0 Å². The lowest BCUT2D eigenvalue weighted by Gasteiger charge is -1.98. The lowest BCUT2D eigenvalue weighted by molar-refractivity contribution is 0.596. The standard InChI is InChI=1S/C17H29Br/c1-2-3-4-5-6-7-8-9-10-11-12-13-14-15-16-17-18/h5-6H,2-4,9-17H2,1H3. The lowest BCUT2D eigenvalue weighted by Crippen LogP contribution is -1.80. The van der Waals surface area contributed by atoms with Crippen LogP contribution in [0.5, 0.6) is 0 Å². The molecule has 0 atom stereocenters. The van der Waals surface area contributed by atoms with Crippen molar-refractivity contribution in [1.82, 2.24) is 0 Å². The average Bonchev–Trinajstić information content (AvgIpc) is 2.39. The monoisotopic (exact) mass is 312 g/mol. The van der Waals surface area contributed by atoms with Gasteiger partial charge < -0.3 is 0 Å². The number of unbranched alkanes of at least 4 members (excludes halogenated alkanes) is 9. The Morgan fingerprint density at radius 1 is 0.889 bits per heavy atom. The van der Waals surface area contributed by atoms with Crippen LogP contribution in [-0.2, 0) is 0 Å². The molecule has 0 radical (unpaired) electrons. The van der Waals surface area contributed by atoms with Gasteiger partial charge in [-0.3, -0.25) is 0 Å². The average molecular weight is 313 g/mol. The molecule has 0 aliphatic heterocycles. The largest absolute Gasteiger partial charge is 0.0985 e. The normalized spacial score (nSPS) is 10.6. The van der Waals surface area contributed by atoms with Gasteiger partial charge in [-0.25, -0.2) is 0 Å². The summed E-state index contributed by atoms with van der Waals surface area (Å²) in [6.07, 6.45) is 18.5. The van der Waals surface area contributed by atoms with E-state index >= 15 is 0 Å². The fourth-order valence-corrected chi connectivity index (χ4v) is 2.18. The fraction of sp³-hybridized carbons (Fsp3) is 0.765. The summed E-state index contributed by atoms with van der Waals surface area (Å²) in [5.41, 5.74) is 0. The Morgan fingerprint density at radius 2 is 1.56 bits per heavy atom. The first-order valence-electron chi connectivity index (χ1n) is 7.61. The first-order chi connectivity index (χ1) is 8.91. The van der Waals surface area contributed by atoms with E-state index in [0.29, 0.717) is 0 Å². The SMILES string of the molecule is CCCCC=CC#CCCCCCCCCCBr. The third-order valence-electron chi connectivity index (χ3n) is 2.96. The molecule has 0 saturated carbocycles. The smallest absolute Gasteiger partial charge is 0.00922 e. The van der Waals surface area contributed by atoms with Gasteiger partial charge in [-0.05, 0) is 25.3 Å². The molecule has 0 aliphatic carbocycles. The Labute approximate surface area is 123 Å². The van der Waals surface area contributed by atoms with E-state index in [1.54, 1.807) is 0 Å². The molecule has 0 amide bonds. The topological polar surface area (TPSA) is 0 Å². The molecule has 0 spiro atoms. The first-order valence-corrected chi connectivity index (χ1v) is 8.73. The van der Waals surface area contributed by atoms with Gasteiger partial charge >= 0.3 is 0 Å². The van der Waals surface area contributed by atoms with E-state index in [-0.39, 0.29) is 0 Å².